The largest absolute Gasteiger partial charge is 0.395 e. The monoisotopic (exact) mass is 193 g/mol. The number of hydrogen-bond acceptors (Lipinski definition) is 1. The van der Waals surface area contributed by atoms with Crippen molar-refractivity contribution in [2.24, 2.45) is 5.41 Å². The van der Waals surface area contributed by atoms with Crippen molar-refractivity contribution in [2.75, 3.05) is 6.61 Å². The maximum atomic E-state index is 9.60. The molecule has 1 aliphatic carbocycles. The molecule has 1 heterocycles. The topological polar surface area (TPSA) is 36.0 Å². The first-order valence-electron chi connectivity index (χ1n) is 5.20. The summed E-state index contributed by atoms with van der Waals surface area (Å²) in [6.07, 6.45) is 3.13. The van der Waals surface area contributed by atoms with Crippen molar-refractivity contribution < 1.29 is 5.11 Å². The van der Waals surface area contributed by atoms with Gasteiger partial charge < -0.3 is 10.1 Å². The number of H-pyrrole nitrogens is 1. The second-order valence-corrected chi connectivity index (χ2v) is 5.27. The number of aliphatic hydroxyl groups is 1. The van der Waals surface area contributed by atoms with E-state index in [1.807, 2.05) is 6.20 Å². The standard InChI is InChI=1S/C12H19NO/c1-8-5-13-9(2)10(8)12(7-14)6-11(12,3)4/h5,13-14H,6-7H2,1-4H3. The zero-order chi connectivity index (χ0) is 10.6. The summed E-state index contributed by atoms with van der Waals surface area (Å²) in [6, 6.07) is 0. The fraction of sp³-hybridized carbons (Fsp3) is 0.667. The summed E-state index contributed by atoms with van der Waals surface area (Å²) in [5, 5.41) is 9.60. The van der Waals surface area contributed by atoms with Crippen LogP contribution in [0.3, 0.4) is 0 Å². The number of aromatic amines is 1. The molecule has 0 radical (unpaired) electrons. The molecule has 0 aromatic carbocycles. The molecule has 1 fully saturated rings. The normalized spacial score (nSPS) is 29.2. The van der Waals surface area contributed by atoms with Crippen molar-refractivity contribution in [3.05, 3.63) is 23.0 Å². The van der Waals surface area contributed by atoms with E-state index in [-0.39, 0.29) is 17.4 Å². The van der Waals surface area contributed by atoms with Gasteiger partial charge in [-0.1, -0.05) is 13.8 Å². The van der Waals surface area contributed by atoms with Crippen LogP contribution in [0.2, 0.25) is 0 Å². The van der Waals surface area contributed by atoms with E-state index in [4.69, 9.17) is 0 Å². The summed E-state index contributed by atoms with van der Waals surface area (Å²) in [7, 11) is 0. The van der Waals surface area contributed by atoms with Gasteiger partial charge in [-0.3, -0.25) is 0 Å². The molecule has 78 valence electrons. The Hall–Kier alpha value is -0.760. The molecule has 2 nitrogen and oxygen atoms in total. The first kappa shape index (κ1) is 9.78. The lowest BCUT2D eigenvalue weighted by Gasteiger charge is -2.19. The van der Waals surface area contributed by atoms with E-state index in [0.29, 0.717) is 0 Å². The summed E-state index contributed by atoms with van der Waals surface area (Å²) >= 11 is 0. The maximum absolute atomic E-state index is 9.60. The zero-order valence-corrected chi connectivity index (χ0v) is 9.44. The Bertz CT molecular complexity index is 345. The van der Waals surface area contributed by atoms with Crippen molar-refractivity contribution in [3.8, 4) is 0 Å². The van der Waals surface area contributed by atoms with Crippen LogP contribution in [0.15, 0.2) is 6.20 Å². The van der Waals surface area contributed by atoms with Crippen LogP contribution < -0.4 is 0 Å². The minimum Gasteiger partial charge on any atom is -0.395 e. The molecule has 0 bridgehead atoms. The van der Waals surface area contributed by atoms with Crippen LogP contribution in [-0.4, -0.2) is 16.7 Å². The van der Waals surface area contributed by atoms with Gasteiger partial charge in [0.05, 0.1) is 6.61 Å². The Morgan fingerprint density at radius 2 is 2.00 bits per heavy atom. The van der Waals surface area contributed by atoms with Gasteiger partial charge in [0.1, 0.15) is 0 Å². The average molecular weight is 193 g/mol. The van der Waals surface area contributed by atoms with Crippen LogP contribution in [0.1, 0.15) is 37.1 Å². The Morgan fingerprint density at radius 1 is 1.43 bits per heavy atom. The molecule has 1 unspecified atom stereocenters. The van der Waals surface area contributed by atoms with E-state index >= 15 is 0 Å². The molecule has 0 aliphatic heterocycles. The lowest BCUT2D eigenvalue weighted by Crippen LogP contribution is -2.20. The molecule has 1 aromatic heterocycles. The van der Waals surface area contributed by atoms with E-state index in [1.54, 1.807) is 0 Å². The maximum Gasteiger partial charge on any atom is 0.0534 e. The van der Waals surface area contributed by atoms with Gasteiger partial charge in [0, 0.05) is 17.3 Å². The van der Waals surface area contributed by atoms with Crippen molar-refractivity contribution in [1.29, 1.82) is 0 Å². The number of rotatable bonds is 2. The van der Waals surface area contributed by atoms with Crippen molar-refractivity contribution in [1.82, 2.24) is 4.98 Å². The van der Waals surface area contributed by atoms with Crippen LogP contribution in [0.25, 0.3) is 0 Å². The van der Waals surface area contributed by atoms with Crippen molar-refractivity contribution in [2.45, 2.75) is 39.5 Å². The van der Waals surface area contributed by atoms with Crippen LogP contribution >= 0.6 is 0 Å². The van der Waals surface area contributed by atoms with Crippen molar-refractivity contribution >= 4 is 0 Å². The third-order valence-corrected chi connectivity index (χ3v) is 3.94. The highest BCUT2D eigenvalue weighted by Crippen LogP contribution is 2.65. The third kappa shape index (κ3) is 1.01. The van der Waals surface area contributed by atoms with Gasteiger partial charge in [-0.2, -0.15) is 0 Å². The Kier molecular flexibility index (Phi) is 1.84. The average Bonchev–Trinajstić information content (AvgIpc) is 2.49. The van der Waals surface area contributed by atoms with E-state index in [9.17, 15) is 5.11 Å². The number of aromatic nitrogens is 1. The fourth-order valence-corrected chi connectivity index (χ4v) is 2.88. The molecule has 2 N–H and O–H groups in total. The predicted octanol–water partition coefficient (Wildman–Crippen LogP) is 2.29. The van der Waals surface area contributed by atoms with E-state index in [2.05, 4.69) is 32.7 Å². The molecular weight excluding hydrogens is 174 g/mol. The highest BCUT2D eigenvalue weighted by molar-refractivity contribution is 5.44. The fourth-order valence-electron chi connectivity index (χ4n) is 2.88. The lowest BCUT2D eigenvalue weighted by atomic mass is 9.86. The molecule has 1 aliphatic rings. The first-order valence-corrected chi connectivity index (χ1v) is 5.20. The van der Waals surface area contributed by atoms with Gasteiger partial charge >= 0.3 is 0 Å². The molecule has 1 aromatic rings. The second kappa shape index (κ2) is 2.63. The quantitative estimate of drug-likeness (QED) is 0.742. The highest BCUT2D eigenvalue weighted by atomic mass is 16.3. The summed E-state index contributed by atoms with van der Waals surface area (Å²) in [5.41, 5.74) is 4.09. The van der Waals surface area contributed by atoms with Gasteiger partial charge in [-0.15, -0.1) is 0 Å². The van der Waals surface area contributed by atoms with Crippen LogP contribution in [-0.2, 0) is 5.41 Å². The molecule has 0 spiro atoms. The first-order chi connectivity index (χ1) is 6.44. The van der Waals surface area contributed by atoms with Crippen LogP contribution in [0, 0.1) is 19.3 Å². The molecule has 1 atom stereocenters. The van der Waals surface area contributed by atoms with Crippen LogP contribution in [0.4, 0.5) is 0 Å². The van der Waals surface area contributed by atoms with Gasteiger partial charge in [0.2, 0.25) is 0 Å². The predicted molar refractivity (Wildman–Crippen MR) is 57.4 cm³/mol. The lowest BCUT2D eigenvalue weighted by molar-refractivity contribution is 0.230. The smallest absolute Gasteiger partial charge is 0.0534 e. The number of aryl methyl sites for hydroxylation is 2. The van der Waals surface area contributed by atoms with E-state index < -0.39 is 0 Å². The third-order valence-electron chi connectivity index (χ3n) is 3.94. The van der Waals surface area contributed by atoms with Crippen molar-refractivity contribution in [3.63, 3.8) is 0 Å². The van der Waals surface area contributed by atoms with Crippen LogP contribution in [0.5, 0.6) is 0 Å². The summed E-state index contributed by atoms with van der Waals surface area (Å²) < 4.78 is 0. The van der Waals surface area contributed by atoms with E-state index in [0.717, 1.165) is 6.42 Å². The zero-order valence-electron chi connectivity index (χ0n) is 9.44. The Morgan fingerprint density at radius 3 is 2.29 bits per heavy atom. The highest BCUT2D eigenvalue weighted by Gasteiger charge is 2.62. The molecule has 1 saturated carbocycles. The van der Waals surface area contributed by atoms with Gasteiger partial charge in [-0.25, -0.2) is 0 Å². The molecule has 0 amide bonds. The minimum absolute atomic E-state index is 0.0150. The molecule has 0 saturated heterocycles. The van der Waals surface area contributed by atoms with E-state index in [1.165, 1.54) is 16.8 Å². The molecule has 2 heteroatoms. The SMILES string of the molecule is Cc1c[nH]c(C)c1C1(CO)CC1(C)C. The minimum atomic E-state index is 0.0150. The summed E-state index contributed by atoms with van der Waals surface area (Å²) in [4.78, 5) is 3.24. The van der Waals surface area contributed by atoms with Gasteiger partial charge in [0.25, 0.3) is 0 Å². The Balaban J connectivity index is 2.50. The molecule has 14 heavy (non-hydrogen) atoms. The summed E-state index contributed by atoms with van der Waals surface area (Å²) in [5.74, 6) is 0. The number of hydrogen-bond donors (Lipinski definition) is 2. The number of aliphatic hydroxyl groups excluding tert-OH is 1. The second-order valence-electron chi connectivity index (χ2n) is 5.27. The molecule has 2 rings (SSSR count). The summed E-state index contributed by atoms with van der Waals surface area (Å²) in [6.45, 7) is 8.93. The molecular formula is C12H19NO. The van der Waals surface area contributed by atoms with Gasteiger partial charge in [0.15, 0.2) is 0 Å². The number of nitrogens with one attached hydrogen (secondary N) is 1. The Labute approximate surface area is 85.3 Å². The van der Waals surface area contributed by atoms with Gasteiger partial charge in [-0.05, 0) is 36.8 Å².